The minimum Gasteiger partial charge on any atom is -0.497 e. The van der Waals surface area contributed by atoms with E-state index in [1.54, 1.807) is 26.5 Å². The maximum atomic E-state index is 14.1. The molecule has 0 amide bonds. The Labute approximate surface area is 202 Å². The Kier molecular flexibility index (Phi) is 5.90. The maximum absolute atomic E-state index is 14.1. The molecule has 3 heterocycles. The first-order valence-corrected chi connectivity index (χ1v) is 11.2. The van der Waals surface area contributed by atoms with Crippen LogP contribution < -0.4 is 19.7 Å². The van der Waals surface area contributed by atoms with Crippen LogP contribution in [-0.2, 0) is 0 Å². The number of aromatic nitrogens is 2. The van der Waals surface area contributed by atoms with Crippen molar-refractivity contribution in [3.63, 3.8) is 0 Å². The van der Waals surface area contributed by atoms with Crippen LogP contribution in [0.15, 0.2) is 85.2 Å². The first-order valence-electron chi connectivity index (χ1n) is 10.8. The fourth-order valence-electron chi connectivity index (χ4n) is 4.39. The van der Waals surface area contributed by atoms with Gasteiger partial charge in [0, 0.05) is 29.8 Å². The third kappa shape index (κ3) is 3.86. The molecule has 1 N–H and O–H groups in total. The molecular formula is C26H23FN4O2S. The predicted molar refractivity (Wildman–Crippen MR) is 133 cm³/mol. The molecule has 0 saturated carbocycles. The molecule has 2 atom stereocenters. The largest absolute Gasteiger partial charge is 0.497 e. The molecule has 34 heavy (non-hydrogen) atoms. The van der Waals surface area contributed by atoms with Crippen LogP contribution in [0.1, 0.15) is 23.5 Å². The fraction of sp³-hybridized carbons (Fsp3) is 0.154. The Morgan fingerprint density at radius 3 is 2.59 bits per heavy atom. The van der Waals surface area contributed by atoms with Crippen molar-refractivity contribution in [3.8, 4) is 17.2 Å². The van der Waals surface area contributed by atoms with E-state index in [-0.39, 0.29) is 17.9 Å². The molecule has 1 aliphatic heterocycles. The Hall–Kier alpha value is -3.91. The Balaban J connectivity index is 1.69. The Bertz CT molecular complexity index is 1330. The van der Waals surface area contributed by atoms with Crippen LogP contribution in [-0.4, -0.2) is 28.9 Å². The van der Waals surface area contributed by atoms with Gasteiger partial charge in [-0.15, -0.1) is 0 Å². The van der Waals surface area contributed by atoms with Crippen LogP contribution in [0.4, 0.5) is 10.1 Å². The second kappa shape index (κ2) is 9.15. The highest BCUT2D eigenvalue weighted by atomic mass is 32.1. The van der Waals surface area contributed by atoms with Gasteiger partial charge >= 0.3 is 0 Å². The number of nitrogens with zero attached hydrogens (tertiary/aromatic N) is 3. The van der Waals surface area contributed by atoms with Crippen molar-refractivity contribution in [3.05, 3.63) is 102 Å². The molecule has 2 aromatic carbocycles. The summed E-state index contributed by atoms with van der Waals surface area (Å²) in [4.78, 5) is 6.63. The fourth-order valence-corrected chi connectivity index (χ4v) is 4.73. The number of ether oxygens (including phenoxy) is 2. The molecule has 0 aliphatic carbocycles. The van der Waals surface area contributed by atoms with Gasteiger partial charge in [0.1, 0.15) is 23.4 Å². The number of benzene rings is 2. The maximum Gasteiger partial charge on any atom is 0.174 e. The molecule has 4 aromatic rings. The topological polar surface area (TPSA) is 51.5 Å². The van der Waals surface area contributed by atoms with Crippen molar-refractivity contribution < 1.29 is 13.9 Å². The molecule has 5 rings (SSSR count). The summed E-state index contributed by atoms with van der Waals surface area (Å²) in [7, 11) is 3.23. The van der Waals surface area contributed by atoms with Gasteiger partial charge in [-0.2, -0.15) is 0 Å². The number of hydrogen-bond acceptors (Lipinski definition) is 4. The predicted octanol–water partition coefficient (Wildman–Crippen LogP) is 5.21. The molecule has 1 aliphatic rings. The van der Waals surface area contributed by atoms with E-state index in [1.807, 2.05) is 70.3 Å². The van der Waals surface area contributed by atoms with Crippen molar-refractivity contribution >= 4 is 23.0 Å². The van der Waals surface area contributed by atoms with Crippen molar-refractivity contribution in [2.45, 2.75) is 12.1 Å². The zero-order valence-electron chi connectivity index (χ0n) is 18.7. The third-order valence-electron chi connectivity index (χ3n) is 5.91. The zero-order valence-corrected chi connectivity index (χ0v) is 19.5. The van der Waals surface area contributed by atoms with Crippen molar-refractivity contribution in [2.75, 3.05) is 19.1 Å². The first-order chi connectivity index (χ1) is 16.6. The van der Waals surface area contributed by atoms with Crippen LogP contribution in [0.3, 0.4) is 0 Å². The minimum absolute atomic E-state index is 0.247. The number of hydrogen-bond donors (Lipinski definition) is 1. The van der Waals surface area contributed by atoms with E-state index in [0.717, 1.165) is 22.8 Å². The molecule has 6 nitrogen and oxygen atoms in total. The second-order valence-corrected chi connectivity index (χ2v) is 8.20. The number of nitrogens with one attached hydrogen (secondary N) is 1. The zero-order chi connectivity index (χ0) is 23.7. The van der Waals surface area contributed by atoms with Crippen LogP contribution >= 0.6 is 12.2 Å². The summed E-state index contributed by atoms with van der Waals surface area (Å²) in [5.74, 6) is 1.01. The third-order valence-corrected chi connectivity index (χ3v) is 6.23. The standard InChI is InChI=1S/C26H23FN4O2S/c1-32-19-11-12-21(23(16-19)33-2)31-25(24(29-26(31)34)20-9-3-4-13-28-20)22-10-6-14-30(22)18-8-5-7-17(27)15-18/h3-16,24-25H,1-2H3,(H,29,34)/t24-,25+/m1/s1. The van der Waals surface area contributed by atoms with Gasteiger partial charge in [0.2, 0.25) is 0 Å². The molecular weight excluding hydrogens is 451 g/mol. The lowest BCUT2D eigenvalue weighted by Gasteiger charge is -2.30. The molecule has 1 fully saturated rings. The highest BCUT2D eigenvalue weighted by molar-refractivity contribution is 7.80. The smallest absolute Gasteiger partial charge is 0.174 e. The molecule has 0 spiro atoms. The number of halogens is 1. The van der Waals surface area contributed by atoms with Crippen LogP contribution in [0, 0.1) is 5.82 Å². The number of thiocarbonyl (C=S) groups is 1. The molecule has 0 bridgehead atoms. The molecule has 1 saturated heterocycles. The highest BCUT2D eigenvalue weighted by Gasteiger charge is 2.43. The number of anilines is 1. The van der Waals surface area contributed by atoms with E-state index in [1.165, 1.54) is 12.1 Å². The second-order valence-electron chi connectivity index (χ2n) is 7.82. The van der Waals surface area contributed by atoms with Crippen molar-refractivity contribution in [1.29, 1.82) is 0 Å². The van der Waals surface area contributed by atoms with E-state index in [2.05, 4.69) is 10.3 Å². The summed E-state index contributed by atoms with van der Waals surface area (Å²) in [5.41, 5.74) is 3.28. The van der Waals surface area contributed by atoms with Crippen molar-refractivity contribution in [2.24, 2.45) is 0 Å². The molecule has 0 radical (unpaired) electrons. The summed E-state index contributed by atoms with van der Waals surface area (Å²) in [6.45, 7) is 0. The van der Waals surface area contributed by atoms with E-state index in [4.69, 9.17) is 21.7 Å². The van der Waals surface area contributed by atoms with Crippen LogP contribution in [0.5, 0.6) is 11.5 Å². The molecule has 8 heteroatoms. The number of methoxy groups -OCH3 is 2. The summed E-state index contributed by atoms with van der Waals surface area (Å²) >= 11 is 5.83. The monoisotopic (exact) mass is 474 g/mol. The number of pyridine rings is 1. The first kappa shape index (κ1) is 21.9. The van der Waals surface area contributed by atoms with E-state index >= 15 is 0 Å². The van der Waals surface area contributed by atoms with Crippen molar-refractivity contribution in [1.82, 2.24) is 14.9 Å². The minimum atomic E-state index is -0.299. The molecule has 2 aromatic heterocycles. The van der Waals surface area contributed by atoms with Gasteiger partial charge in [-0.25, -0.2) is 4.39 Å². The summed E-state index contributed by atoms with van der Waals surface area (Å²) in [5, 5.41) is 3.99. The number of rotatable bonds is 6. The highest BCUT2D eigenvalue weighted by Crippen LogP contribution is 2.45. The Morgan fingerprint density at radius 2 is 1.85 bits per heavy atom. The SMILES string of the molecule is COc1ccc(N2C(=S)N[C@H](c3ccccn3)[C@@H]2c2cccn2-c2cccc(F)c2)c(OC)c1. The van der Waals surface area contributed by atoms with Crippen LogP contribution in [0.25, 0.3) is 5.69 Å². The summed E-state index contributed by atoms with van der Waals surface area (Å²) < 4.78 is 27.1. The normalized spacial score (nSPS) is 17.5. The van der Waals surface area contributed by atoms with Gasteiger partial charge in [-0.3, -0.25) is 4.98 Å². The molecule has 0 unspecified atom stereocenters. The average Bonchev–Trinajstić information content (AvgIpc) is 3.48. The van der Waals surface area contributed by atoms with E-state index in [9.17, 15) is 4.39 Å². The van der Waals surface area contributed by atoms with Gasteiger partial charge in [-0.1, -0.05) is 12.1 Å². The van der Waals surface area contributed by atoms with Crippen LogP contribution in [0.2, 0.25) is 0 Å². The van der Waals surface area contributed by atoms with E-state index < -0.39 is 0 Å². The van der Waals surface area contributed by atoms with E-state index in [0.29, 0.717) is 16.6 Å². The van der Waals surface area contributed by atoms with Gasteiger partial charge in [0.05, 0.1) is 31.6 Å². The average molecular weight is 475 g/mol. The van der Waals surface area contributed by atoms with Gasteiger partial charge in [0.25, 0.3) is 0 Å². The van der Waals surface area contributed by atoms with Gasteiger partial charge < -0.3 is 24.3 Å². The quantitative estimate of drug-likeness (QED) is 0.388. The van der Waals surface area contributed by atoms with Gasteiger partial charge in [-0.05, 0) is 66.8 Å². The Morgan fingerprint density at radius 1 is 0.971 bits per heavy atom. The molecule has 172 valence electrons. The van der Waals surface area contributed by atoms with Gasteiger partial charge in [0.15, 0.2) is 5.11 Å². The summed E-state index contributed by atoms with van der Waals surface area (Å²) in [6, 6.07) is 21.4. The lowest BCUT2D eigenvalue weighted by atomic mass is 10.0. The lowest BCUT2D eigenvalue weighted by Crippen LogP contribution is -2.30. The summed E-state index contributed by atoms with van der Waals surface area (Å²) in [6.07, 6.45) is 3.68. The lowest BCUT2D eigenvalue weighted by molar-refractivity contribution is 0.394.